The predicted octanol–water partition coefficient (Wildman–Crippen LogP) is 17.8. The van der Waals surface area contributed by atoms with Gasteiger partial charge in [-0.05, 0) is 186 Å². The number of esters is 2. The summed E-state index contributed by atoms with van der Waals surface area (Å²) in [5.41, 5.74) is 10.9. The molecule has 86 heavy (non-hydrogen) atoms. The van der Waals surface area contributed by atoms with Crippen LogP contribution in [0.1, 0.15) is 171 Å². The van der Waals surface area contributed by atoms with Crippen LogP contribution in [0.4, 0.5) is 17.1 Å². The zero-order valence-electron chi connectivity index (χ0n) is 52.1. The standard InChI is InChI=1S/C34H42Br2N2O3.C34H41Br2N2O3.C2H4O2/c2*1-6-11-12-15-18-40-34(39)24-17-14-13-16-23(24)33-25-19-27(35)29(37(7-2)8-3)21-31(25)41-32-22-30(38(9-4)10-5)28(36)20-26(32)33;1-2(3)4/h13-14,16-17,19-22,33H,6-12,15,18H2,1-5H3;13-14,16-17,19-22H,6-12,15,18H2,1-5H3;1H3,(H,3,4)/q;+1;/p-1. The number of fused-ring (bicyclic) bond motifs is 4. The van der Waals surface area contributed by atoms with Gasteiger partial charge in [0, 0.05) is 110 Å². The summed E-state index contributed by atoms with van der Waals surface area (Å²) in [7, 11) is 0. The summed E-state index contributed by atoms with van der Waals surface area (Å²) in [6.45, 7) is 30.5. The number of unbranched alkanes of at least 4 members (excludes halogenated alkanes) is 6. The molecule has 462 valence electrons. The molecule has 0 spiro atoms. The van der Waals surface area contributed by atoms with Gasteiger partial charge in [-0.1, -0.05) is 88.8 Å². The number of halogens is 4. The molecule has 0 atom stereocenters. The fourth-order valence-electron chi connectivity index (χ4n) is 11.1. The summed E-state index contributed by atoms with van der Waals surface area (Å²) in [5, 5.41) is 10.9. The van der Waals surface area contributed by atoms with E-state index in [1.165, 1.54) is 0 Å². The van der Waals surface area contributed by atoms with Gasteiger partial charge in [0.2, 0.25) is 5.36 Å². The number of aliphatic carboxylic acids is 1. The number of hydrogen-bond acceptors (Lipinski definition) is 11. The largest absolute Gasteiger partial charge is 0.550 e. The van der Waals surface area contributed by atoms with Crippen LogP contribution in [0.5, 0.6) is 11.5 Å². The number of benzene rings is 6. The minimum absolute atomic E-state index is 0.207. The van der Waals surface area contributed by atoms with Gasteiger partial charge >= 0.3 is 11.9 Å². The van der Waals surface area contributed by atoms with Crippen molar-refractivity contribution in [2.75, 3.05) is 80.3 Å². The molecule has 0 bridgehead atoms. The highest BCUT2D eigenvalue weighted by Crippen LogP contribution is 2.53. The zero-order chi connectivity index (χ0) is 62.6. The van der Waals surface area contributed by atoms with Crippen LogP contribution < -0.4 is 34.5 Å². The Morgan fingerprint density at radius 2 is 0.977 bits per heavy atom. The lowest BCUT2D eigenvalue weighted by atomic mass is 9.80. The van der Waals surface area contributed by atoms with Crippen molar-refractivity contribution in [1.29, 1.82) is 0 Å². The van der Waals surface area contributed by atoms with Gasteiger partial charge in [-0.2, -0.15) is 0 Å². The Morgan fingerprint density at radius 1 is 0.523 bits per heavy atom. The average Bonchev–Trinajstić information content (AvgIpc) is 0.819. The number of carbonyl (C=O) groups excluding carboxylic acids is 3. The van der Waals surface area contributed by atoms with Crippen molar-refractivity contribution in [2.45, 2.75) is 133 Å². The molecule has 0 radical (unpaired) electrons. The lowest BCUT2D eigenvalue weighted by Gasteiger charge is -2.33. The van der Waals surface area contributed by atoms with Crippen LogP contribution in [0.15, 0.2) is 119 Å². The minimum Gasteiger partial charge on any atom is -0.550 e. The maximum Gasteiger partial charge on any atom is 0.338 e. The van der Waals surface area contributed by atoms with Crippen molar-refractivity contribution in [3.63, 3.8) is 0 Å². The second kappa shape index (κ2) is 34.2. The molecule has 16 heteroatoms. The second-order valence-corrected chi connectivity index (χ2v) is 24.4. The number of carbonyl (C=O) groups is 3. The normalized spacial score (nSPS) is 11.6. The number of ether oxygens (including phenoxy) is 3. The van der Waals surface area contributed by atoms with Crippen LogP contribution in [0, 0.1) is 0 Å². The molecule has 12 nitrogen and oxygen atoms in total. The lowest BCUT2D eigenvalue weighted by molar-refractivity contribution is -0.302. The van der Waals surface area contributed by atoms with Crippen molar-refractivity contribution in [3.8, 4) is 33.9 Å². The number of nitrogens with zero attached hydrogens (tertiary/aromatic N) is 4. The van der Waals surface area contributed by atoms with Gasteiger partial charge in [0.05, 0.1) is 51.9 Å². The third-order valence-electron chi connectivity index (χ3n) is 15.6. The number of rotatable bonds is 25. The third-order valence-corrected chi connectivity index (χ3v) is 18.2. The van der Waals surface area contributed by atoms with Gasteiger partial charge < -0.3 is 43.2 Å². The lowest BCUT2D eigenvalue weighted by Crippen LogP contribution is -2.30. The molecule has 0 N–H and O–H groups in total. The highest BCUT2D eigenvalue weighted by atomic mass is 79.9. The van der Waals surface area contributed by atoms with Gasteiger partial charge in [0.15, 0.2) is 0 Å². The summed E-state index contributed by atoms with van der Waals surface area (Å²) >= 11 is 15.4. The summed E-state index contributed by atoms with van der Waals surface area (Å²) < 4.78 is 31.2. The molecule has 0 amide bonds. The molecule has 0 fully saturated rings. The second-order valence-electron chi connectivity index (χ2n) is 21.0. The fourth-order valence-corrected chi connectivity index (χ4v) is 13.6. The van der Waals surface area contributed by atoms with Crippen LogP contribution in [0.25, 0.3) is 33.4 Å². The first-order chi connectivity index (χ1) is 41.5. The van der Waals surface area contributed by atoms with Gasteiger partial charge in [-0.25, -0.2) is 14.2 Å². The Balaban J connectivity index is 0.000000259. The van der Waals surface area contributed by atoms with Crippen LogP contribution in [0.3, 0.4) is 0 Å². The monoisotopic (exact) mass is 1430 g/mol. The van der Waals surface area contributed by atoms with Crippen molar-refractivity contribution in [3.05, 3.63) is 148 Å². The van der Waals surface area contributed by atoms with E-state index in [4.69, 9.17) is 28.5 Å². The summed E-state index contributed by atoms with van der Waals surface area (Å²) in [6, 6.07) is 32.7. The summed E-state index contributed by atoms with van der Waals surface area (Å²) in [6.07, 6.45) is 8.48. The first kappa shape index (κ1) is 69.4. The van der Waals surface area contributed by atoms with E-state index in [-0.39, 0.29) is 17.9 Å². The van der Waals surface area contributed by atoms with E-state index < -0.39 is 5.97 Å². The van der Waals surface area contributed by atoms with E-state index in [0.717, 1.165) is 213 Å². The highest BCUT2D eigenvalue weighted by Gasteiger charge is 2.35. The highest BCUT2D eigenvalue weighted by molar-refractivity contribution is 9.11. The molecular weight excluding hydrogens is 1340 g/mol. The molecular formula is C70H86Br4N4O8. The molecule has 5 aromatic carbocycles. The van der Waals surface area contributed by atoms with E-state index in [9.17, 15) is 9.59 Å². The quantitative estimate of drug-likeness (QED) is 0.0235. The Kier molecular flexibility index (Phi) is 27.6. The molecule has 0 unspecified atom stereocenters. The Morgan fingerprint density at radius 3 is 1.47 bits per heavy atom. The summed E-state index contributed by atoms with van der Waals surface area (Å²) in [4.78, 5) is 42.7. The van der Waals surface area contributed by atoms with Gasteiger partial charge in [-0.3, -0.25) is 0 Å². The fraction of sp³-hybridized carbons (Fsp3) is 0.429. The van der Waals surface area contributed by atoms with E-state index in [0.29, 0.717) is 24.3 Å². The molecule has 8 rings (SSSR count). The van der Waals surface area contributed by atoms with Crippen LogP contribution in [0.2, 0.25) is 0 Å². The number of carboxylic acid groups (broad SMARTS) is 1. The van der Waals surface area contributed by atoms with Crippen LogP contribution >= 0.6 is 63.7 Å². The van der Waals surface area contributed by atoms with E-state index >= 15 is 0 Å². The van der Waals surface area contributed by atoms with Crippen molar-refractivity contribution < 1.29 is 38.1 Å². The Bertz CT molecular complexity index is 3380. The number of anilines is 3. The van der Waals surface area contributed by atoms with Crippen LogP contribution in [-0.4, -0.2) is 83.5 Å². The molecule has 5 aromatic rings. The maximum atomic E-state index is 13.5. The Labute approximate surface area is 544 Å². The molecule has 1 aliphatic carbocycles. The number of carboxylic acids is 1. The van der Waals surface area contributed by atoms with Gasteiger partial charge in [0.25, 0.3) is 0 Å². The maximum absolute atomic E-state index is 13.5. The third kappa shape index (κ3) is 16.9. The smallest absolute Gasteiger partial charge is 0.338 e. The molecule has 0 saturated heterocycles. The zero-order valence-corrected chi connectivity index (χ0v) is 58.5. The average molecular weight is 1430 g/mol. The predicted molar refractivity (Wildman–Crippen MR) is 366 cm³/mol. The molecule has 2 aliphatic heterocycles. The molecule has 2 heterocycles. The summed E-state index contributed by atoms with van der Waals surface area (Å²) in [5.74, 6) is 0.530. The minimum atomic E-state index is -1.08. The van der Waals surface area contributed by atoms with Gasteiger partial charge in [0.1, 0.15) is 35.9 Å². The van der Waals surface area contributed by atoms with E-state index in [2.05, 4.69) is 207 Å². The first-order valence-electron chi connectivity index (χ1n) is 30.8. The first-order valence-corrected chi connectivity index (χ1v) is 33.9. The molecule has 0 aromatic heterocycles. The topological polar surface area (TPSA) is 128 Å². The molecule has 0 saturated carbocycles. The van der Waals surface area contributed by atoms with Crippen molar-refractivity contribution >= 4 is 110 Å². The van der Waals surface area contributed by atoms with Crippen molar-refractivity contribution in [2.24, 2.45) is 0 Å². The molecule has 3 aliphatic rings. The van der Waals surface area contributed by atoms with Gasteiger partial charge in [-0.15, -0.1) is 0 Å². The SMILES string of the molecule is CC(=O)[O-].CCCCCCOC(=O)c1ccccc1-c1c2cc(Br)c(=[N+](CC)CC)cc-2oc2cc(N(CC)CC)c(Br)cc12.CCCCCCOC(=O)c1ccccc1C1c2cc(Br)c(N(CC)CC)cc2Oc2cc(N(CC)CC)c(Br)cc21. The van der Waals surface area contributed by atoms with E-state index in [1.807, 2.05) is 42.5 Å². The van der Waals surface area contributed by atoms with E-state index in [1.54, 1.807) is 0 Å². The van der Waals surface area contributed by atoms with Crippen LogP contribution in [-0.2, 0) is 14.3 Å². The van der Waals surface area contributed by atoms with Crippen molar-refractivity contribution in [1.82, 2.24) is 4.58 Å². The Hall–Kier alpha value is -5.68. The number of hydrogen-bond donors (Lipinski definition) is 0.